The molecule has 0 bridgehead atoms. The predicted octanol–water partition coefficient (Wildman–Crippen LogP) is 1.39. The van der Waals surface area contributed by atoms with Crippen LogP contribution in [0.3, 0.4) is 0 Å². The molecule has 7 heteroatoms. The van der Waals surface area contributed by atoms with Crippen molar-refractivity contribution in [3.05, 3.63) is 0 Å². The van der Waals surface area contributed by atoms with Gasteiger partial charge in [-0.05, 0) is 13.8 Å². The number of alkyl halides is 4. The molecule has 0 aliphatic carbocycles. The zero-order valence-electron chi connectivity index (χ0n) is 9.20. The third kappa shape index (κ3) is 6.60. The summed E-state index contributed by atoms with van der Waals surface area (Å²) in [5.41, 5.74) is 0. The van der Waals surface area contributed by atoms with E-state index in [0.29, 0.717) is 0 Å². The summed E-state index contributed by atoms with van der Waals surface area (Å²) in [5.74, 6) is -4.35. The van der Waals surface area contributed by atoms with Crippen LogP contribution in [-0.4, -0.2) is 37.4 Å². The third-order valence-electron chi connectivity index (χ3n) is 1.66. The van der Waals surface area contributed by atoms with E-state index in [2.05, 4.69) is 10.6 Å². The Morgan fingerprint density at radius 2 is 1.88 bits per heavy atom. The molecule has 1 amide bonds. The summed E-state index contributed by atoms with van der Waals surface area (Å²) < 4.78 is 48.1. The summed E-state index contributed by atoms with van der Waals surface area (Å²) in [6.45, 7) is 2.34. The lowest BCUT2D eigenvalue weighted by Gasteiger charge is -2.15. The Kier molecular flexibility index (Phi) is 6.32. The number of carbonyl (C=O) groups is 1. The molecule has 0 rings (SSSR count). The first-order valence-electron chi connectivity index (χ1n) is 4.91. The van der Waals surface area contributed by atoms with E-state index in [9.17, 15) is 22.4 Å². The van der Waals surface area contributed by atoms with Crippen LogP contribution >= 0.6 is 0 Å². The second-order valence-corrected chi connectivity index (χ2v) is 3.71. The molecule has 0 spiro atoms. The van der Waals surface area contributed by atoms with Gasteiger partial charge >= 0.3 is 12.3 Å². The topological polar surface area (TPSA) is 41.1 Å². The van der Waals surface area contributed by atoms with Gasteiger partial charge in [0.25, 0.3) is 0 Å². The average Bonchev–Trinajstić information content (AvgIpc) is 2.11. The van der Waals surface area contributed by atoms with Crippen LogP contribution < -0.4 is 10.6 Å². The molecule has 0 heterocycles. The van der Waals surface area contributed by atoms with Crippen LogP contribution in [0.15, 0.2) is 0 Å². The lowest BCUT2D eigenvalue weighted by molar-refractivity contribution is -0.126. The first kappa shape index (κ1) is 15.2. The largest absolute Gasteiger partial charge is 0.354 e. The van der Waals surface area contributed by atoms with Crippen molar-refractivity contribution in [2.45, 2.75) is 38.7 Å². The molecule has 0 radical (unpaired) electrons. The molecule has 0 fully saturated rings. The number of hydrogen-bond donors (Lipinski definition) is 2. The standard InChI is InChI=1S/C9H16F4N2O/c1-6(2)15-7(16)3-4-14-5-9(12,13)8(10)11/h6,8,14H,3-5H2,1-2H3,(H,15,16). The molecular formula is C9H16F4N2O. The SMILES string of the molecule is CC(C)NC(=O)CCNCC(F)(F)C(F)F. The second kappa shape index (κ2) is 6.67. The normalized spacial score (nSPS) is 12.2. The van der Waals surface area contributed by atoms with Crippen LogP contribution in [0.4, 0.5) is 17.6 Å². The Hall–Kier alpha value is -0.850. The fourth-order valence-electron chi connectivity index (χ4n) is 0.928. The van der Waals surface area contributed by atoms with E-state index in [-0.39, 0.29) is 24.9 Å². The van der Waals surface area contributed by atoms with Gasteiger partial charge in [0.1, 0.15) is 0 Å². The van der Waals surface area contributed by atoms with Crippen molar-refractivity contribution in [1.82, 2.24) is 10.6 Å². The van der Waals surface area contributed by atoms with E-state index < -0.39 is 18.9 Å². The Morgan fingerprint density at radius 3 is 2.31 bits per heavy atom. The third-order valence-corrected chi connectivity index (χ3v) is 1.66. The van der Waals surface area contributed by atoms with E-state index in [1.54, 1.807) is 13.8 Å². The summed E-state index contributed by atoms with van der Waals surface area (Å²) in [6.07, 6.45) is -3.71. The number of hydrogen-bond acceptors (Lipinski definition) is 2. The summed E-state index contributed by atoms with van der Waals surface area (Å²) in [5, 5.41) is 4.67. The van der Waals surface area contributed by atoms with Crippen molar-refractivity contribution < 1.29 is 22.4 Å². The van der Waals surface area contributed by atoms with Gasteiger partial charge in [0, 0.05) is 19.0 Å². The molecule has 0 aliphatic rings. The molecule has 96 valence electrons. The van der Waals surface area contributed by atoms with Gasteiger partial charge in [-0.15, -0.1) is 0 Å². The number of carbonyl (C=O) groups excluding carboxylic acids is 1. The van der Waals surface area contributed by atoms with Crippen molar-refractivity contribution >= 4 is 5.91 Å². The van der Waals surface area contributed by atoms with E-state index in [1.165, 1.54) is 0 Å². The highest BCUT2D eigenvalue weighted by molar-refractivity contribution is 5.76. The van der Waals surface area contributed by atoms with Crippen LogP contribution in [0.2, 0.25) is 0 Å². The highest BCUT2D eigenvalue weighted by atomic mass is 19.3. The Morgan fingerprint density at radius 1 is 1.31 bits per heavy atom. The first-order valence-corrected chi connectivity index (χ1v) is 4.91. The fourth-order valence-corrected chi connectivity index (χ4v) is 0.928. The molecular weight excluding hydrogens is 228 g/mol. The number of halogens is 4. The van der Waals surface area contributed by atoms with Crippen LogP contribution in [-0.2, 0) is 4.79 Å². The van der Waals surface area contributed by atoms with E-state index in [4.69, 9.17) is 0 Å². The molecule has 0 atom stereocenters. The molecule has 3 nitrogen and oxygen atoms in total. The predicted molar refractivity (Wildman–Crippen MR) is 51.7 cm³/mol. The summed E-state index contributed by atoms with van der Waals surface area (Å²) in [7, 11) is 0. The maximum absolute atomic E-state index is 12.4. The molecule has 0 aromatic carbocycles. The Bertz CT molecular complexity index is 222. The average molecular weight is 244 g/mol. The minimum atomic E-state index is -4.05. The quantitative estimate of drug-likeness (QED) is 0.525. The second-order valence-electron chi connectivity index (χ2n) is 3.71. The van der Waals surface area contributed by atoms with E-state index >= 15 is 0 Å². The lowest BCUT2D eigenvalue weighted by Crippen LogP contribution is -2.40. The van der Waals surface area contributed by atoms with Crippen molar-refractivity contribution in [1.29, 1.82) is 0 Å². The van der Waals surface area contributed by atoms with E-state index in [0.717, 1.165) is 0 Å². The number of amides is 1. The van der Waals surface area contributed by atoms with Gasteiger partial charge in [-0.25, -0.2) is 8.78 Å². The smallest absolute Gasteiger partial charge is 0.319 e. The van der Waals surface area contributed by atoms with Crippen LogP contribution in [0, 0.1) is 0 Å². The molecule has 0 saturated heterocycles. The lowest BCUT2D eigenvalue weighted by atomic mass is 10.3. The van der Waals surface area contributed by atoms with Gasteiger partial charge in [0.2, 0.25) is 5.91 Å². The summed E-state index contributed by atoms with van der Waals surface area (Å²) in [6, 6.07) is -0.0324. The minimum Gasteiger partial charge on any atom is -0.354 e. The maximum Gasteiger partial charge on any atom is 0.319 e. The number of nitrogens with one attached hydrogen (secondary N) is 2. The van der Waals surface area contributed by atoms with Crippen molar-refractivity contribution in [3.8, 4) is 0 Å². The Labute approximate surface area is 91.6 Å². The van der Waals surface area contributed by atoms with Crippen molar-refractivity contribution in [3.63, 3.8) is 0 Å². The molecule has 0 aromatic rings. The van der Waals surface area contributed by atoms with Crippen LogP contribution in [0.1, 0.15) is 20.3 Å². The zero-order chi connectivity index (χ0) is 12.8. The molecule has 2 N–H and O–H groups in total. The van der Waals surface area contributed by atoms with Crippen LogP contribution in [0.5, 0.6) is 0 Å². The van der Waals surface area contributed by atoms with Crippen molar-refractivity contribution in [2.24, 2.45) is 0 Å². The maximum atomic E-state index is 12.4. The van der Waals surface area contributed by atoms with Gasteiger partial charge in [0.15, 0.2) is 0 Å². The molecule has 0 unspecified atom stereocenters. The van der Waals surface area contributed by atoms with Crippen molar-refractivity contribution in [2.75, 3.05) is 13.1 Å². The van der Waals surface area contributed by atoms with Gasteiger partial charge in [0.05, 0.1) is 6.54 Å². The monoisotopic (exact) mass is 244 g/mol. The molecule has 0 aliphatic heterocycles. The zero-order valence-corrected chi connectivity index (χ0v) is 9.20. The fraction of sp³-hybridized carbons (Fsp3) is 0.889. The Balaban J connectivity index is 3.65. The highest BCUT2D eigenvalue weighted by Crippen LogP contribution is 2.21. The van der Waals surface area contributed by atoms with Crippen LogP contribution in [0.25, 0.3) is 0 Å². The van der Waals surface area contributed by atoms with Gasteiger partial charge in [-0.3, -0.25) is 4.79 Å². The highest BCUT2D eigenvalue weighted by Gasteiger charge is 2.39. The first-order chi connectivity index (χ1) is 7.25. The van der Waals surface area contributed by atoms with Gasteiger partial charge in [-0.2, -0.15) is 8.78 Å². The summed E-state index contributed by atoms with van der Waals surface area (Å²) in [4.78, 5) is 11.0. The summed E-state index contributed by atoms with van der Waals surface area (Å²) >= 11 is 0. The molecule has 16 heavy (non-hydrogen) atoms. The number of rotatable bonds is 7. The van der Waals surface area contributed by atoms with Gasteiger partial charge < -0.3 is 10.6 Å². The molecule has 0 aromatic heterocycles. The van der Waals surface area contributed by atoms with E-state index in [1.807, 2.05) is 0 Å². The molecule has 0 saturated carbocycles. The minimum absolute atomic E-state index is 0.0164. The van der Waals surface area contributed by atoms with Gasteiger partial charge in [-0.1, -0.05) is 0 Å².